The molecular formula is C19H21N3O3. The number of carboxylic acid groups (broad SMARTS) is 1. The van der Waals surface area contributed by atoms with Crippen molar-refractivity contribution < 1.29 is 14.7 Å². The number of hydrogen-bond acceptors (Lipinski definition) is 3. The van der Waals surface area contributed by atoms with Gasteiger partial charge in [-0.05, 0) is 24.1 Å². The number of aliphatic carboxylic acids is 1. The zero-order valence-electron chi connectivity index (χ0n) is 14.1. The number of carboxylic acids is 1. The first-order chi connectivity index (χ1) is 12.0. The molecule has 1 aromatic heterocycles. The largest absolute Gasteiger partial charge is 0.479 e. The normalized spacial score (nSPS) is 16.9. The number of aryl methyl sites for hydroxylation is 1. The Hall–Kier alpha value is -2.89. The summed E-state index contributed by atoms with van der Waals surface area (Å²) < 4.78 is 1.53. The van der Waals surface area contributed by atoms with Gasteiger partial charge in [-0.25, -0.2) is 4.79 Å². The summed E-state index contributed by atoms with van der Waals surface area (Å²) in [7, 11) is 0. The second kappa shape index (κ2) is 6.93. The molecule has 1 aromatic carbocycles. The smallest absolute Gasteiger partial charge is 0.331 e. The van der Waals surface area contributed by atoms with Crippen LogP contribution in [0.2, 0.25) is 0 Å². The summed E-state index contributed by atoms with van der Waals surface area (Å²) in [5.74, 6) is -0.998. The number of benzene rings is 1. The fourth-order valence-corrected chi connectivity index (χ4v) is 3.12. The summed E-state index contributed by atoms with van der Waals surface area (Å²) in [6, 6.07) is 9.61. The maximum Gasteiger partial charge on any atom is 0.331 e. The van der Waals surface area contributed by atoms with E-state index in [1.807, 2.05) is 37.3 Å². The molecule has 0 saturated carbocycles. The van der Waals surface area contributed by atoms with Crippen LogP contribution >= 0.6 is 0 Å². The molecule has 25 heavy (non-hydrogen) atoms. The Labute approximate surface area is 146 Å². The molecule has 1 aliphatic rings. The van der Waals surface area contributed by atoms with Crippen LogP contribution in [-0.2, 0) is 15.1 Å². The van der Waals surface area contributed by atoms with E-state index in [2.05, 4.69) is 5.10 Å². The highest BCUT2D eigenvalue weighted by Gasteiger charge is 2.44. The predicted octanol–water partition coefficient (Wildman–Crippen LogP) is 2.31. The van der Waals surface area contributed by atoms with Crippen molar-refractivity contribution >= 4 is 18.0 Å². The third-order valence-electron chi connectivity index (χ3n) is 4.67. The molecule has 1 aliphatic heterocycles. The van der Waals surface area contributed by atoms with Crippen molar-refractivity contribution in [3.63, 3.8) is 0 Å². The molecule has 0 bridgehead atoms. The van der Waals surface area contributed by atoms with Crippen LogP contribution in [0.1, 0.15) is 24.0 Å². The van der Waals surface area contributed by atoms with Crippen LogP contribution in [-0.4, -0.2) is 44.8 Å². The van der Waals surface area contributed by atoms with Gasteiger partial charge < -0.3 is 10.0 Å². The van der Waals surface area contributed by atoms with Crippen LogP contribution in [0.15, 0.2) is 48.8 Å². The minimum absolute atomic E-state index is 0.0977. The summed E-state index contributed by atoms with van der Waals surface area (Å²) in [5, 5.41) is 13.9. The first-order valence-electron chi connectivity index (χ1n) is 8.28. The second-order valence-corrected chi connectivity index (χ2v) is 6.37. The van der Waals surface area contributed by atoms with Crippen LogP contribution in [0.5, 0.6) is 0 Å². The van der Waals surface area contributed by atoms with E-state index in [-0.39, 0.29) is 5.91 Å². The van der Waals surface area contributed by atoms with E-state index in [4.69, 9.17) is 0 Å². The highest BCUT2D eigenvalue weighted by Crippen LogP contribution is 2.30. The molecule has 1 N–H and O–H groups in total. The third kappa shape index (κ3) is 3.47. The number of amides is 1. The van der Waals surface area contributed by atoms with Crippen molar-refractivity contribution in [2.45, 2.75) is 25.3 Å². The average molecular weight is 339 g/mol. The van der Waals surface area contributed by atoms with Crippen LogP contribution < -0.4 is 0 Å². The fourth-order valence-electron chi connectivity index (χ4n) is 3.12. The number of rotatable bonds is 4. The Kier molecular flexibility index (Phi) is 4.70. The molecule has 0 spiro atoms. The van der Waals surface area contributed by atoms with Gasteiger partial charge in [-0.1, -0.05) is 30.3 Å². The molecule has 1 amide bonds. The van der Waals surface area contributed by atoms with Gasteiger partial charge in [0.05, 0.1) is 6.20 Å². The molecule has 0 unspecified atom stereocenters. The van der Waals surface area contributed by atoms with E-state index in [9.17, 15) is 14.7 Å². The highest BCUT2D eigenvalue weighted by atomic mass is 16.4. The topological polar surface area (TPSA) is 75.4 Å². The Morgan fingerprint density at radius 1 is 1.20 bits per heavy atom. The van der Waals surface area contributed by atoms with E-state index in [0.29, 0.717) is 25.9 Å². The molecule has 0 atom stereocenters. The van der Waals surface area contributed by atoms with Gasteiger partial charge in [0, 0.05) is 38.2 Å². The first kappa shape index (κ1) is 17.0. The minimum Gasteiger partial charge on any atom is -0.479 e. The summed E-state index contributed by atoms with van der Waals surface area (Å²) in [6.45, 7) is 2.67. The first-order valence-corrected chi connectivity index (χ1v) is 8.28. The summed E-state index contributed by atoms with van der Waals surface area (Å²) in [6.07, 6.45) is 7.41. The van der Waals surface area contributed by atoms with Crippen LogP contribution in [0.4, 0.5) is 0 Å². The van der Waals surface area contributed by atoms with Crippen LogP contribution in [0.25, 0.3) is 6.08 Å². The molecule has 2 heterocycles. The van der Waals surface area contributed by atoms with Gasteiger partial charge in [-0.2, -0.15) is 5.10 Å². The van der Waals surface area contributed by atoms with Gasteiger partial charge >= 0.3 is 5.97 Å². The van der Waals surface area contributed by atoms with Crippen LogP contribution in [0.3, 0.4) is 0 Å². The van der Waals surface area contributed by atoms with E-state index in [0.717, 1.165) is 11.1 Å². The lowest BCUT2D eigenvalue weighted by Gasteiger charge is -2.38. The number of hydrogen-bond donors (Lipinski definition) is 1. The maximum absolute atomic E-state index is 12.4. The molecule has 1 saturated heterocycles. The van der Waals surface area contributed by atoms with E-state index in [1.54, 1.807) is 29.4 Å². The molecule has 6 nitrogen and oxygen atoms in total. The monoisotopic (exact) mass is 339 g/mol. The lowest BCUT2D eigenvalue weighted by Crippen LogP contribution is -2.52. The number of aromatic nitrogens is 2. The van der Waals surface area contributed by atoms with Gasteiger partial charge in [-0.3, -0.25) is 9.48 Å². The Balaban J connectivity index is 1.68. The van der Waals surface area contributed by atoms with Crippen LogP contribution in [0, 0.1) is 6.92 Å². The minimum atomic E-state index is -1.08. The molecule has 6 heteroatoms. The van der Waals surface area contributed by atoms with Crippen molar-refractivity contribution in [1.82, 2.24) is 14.7 Å². The maximum atomic E-state index is 12.4. The quantitative estimate of drug-likeness (QED) is 0.868. The van der Waals surface area contributed by atoms with Crippen molar-refractivity contribution in [2.75, 3.05) is 13.1 Å². The second-order valence-electron chi connectivity index (χ2n) is 6.37. The van der Waals surface area contributed by atoms with Crippen molar-refractivity contribution in [3.05, 3.63) is 59.9 Å². The Morgan fingerprint density at radius 3 is 2.44 bits per heavy atom. The molecule has 3 rings (SSSR count). The van der Waals surface area contributed by atoms with Crippen molar-refractivity contribution in [2.24, 2.45) is 0 Å². The summed E-state index contributed by atoms with van der Waals surface area (Å²) in [4.78, 5) is 25.9. The summed E-state index contributed by atoms with van der Waals surface area (Å²) >= 11 is 0. The van der Waals surface area contributed by atoms with E-state index < -0.39 is 11.5 Å². The van der Waals surface area contributed by atoms with Gasteiger partial charge in [0.1, 0.15) is 0 Å². The predicted molar refractivity (Wildman–Crippen MR) is 93.9 cm³/mol. The lowest BCUT2D eigenvalue weighted by atomic mass is 9.87. The fraction of sp³-hybridized carbons (Fsp3) is 0.316. The number of carbonyl (C=O) groups is 2. The zero-order chi connectivity index (χ0) is 17.9. The SMILES string of the molecule is Cc1cnn(C2(C(=O)O)CCN(C(=O)/C=C/c3ccccc3)CC2)c1. The van der Waals surface area contributed by atoms with Crippen molar-refractivity contribution in [1.29, 1.82) is 0 Å². The van der Waals surface area contributed by atoms with E-state index >= 15 is 0 Å². The number of nitrogens with zero attached hydrogens (tertiary/aromatic N) is 3. The van der Waals surface area contributed by atoms with Gasteiger partial charge in [0.25, 0.3) is 0 Å². The zero-order valence-corrected chi connectivity index (χ0v) is 14.1. The number of carbonyl (C=O) groups excluding carboxylic acids is 1. The molecule has 1 fully saturated rings. The average Bonchev–Trinajstić information content (AvgIpc) is 3.07. The van der Waals surface area contributed by atoms with Gasteiger partial charge in [0.15, 0.2) is 5.54 Å². The summed E-state index contributed by atoms with van der Waals surface area (Å²) in [5.41, 5.74) is 0.804. The van der Waals surface area contributed by atoms with E-state index in [1.165, 1.54) is 4.68 Å². The van der Waals surface area contributed by atoms with Gasteiger partial charge in [-0.15, -0.1) is 0 Å². The third-order valence-corrected chi connectivity index (χ3v) is 4.67. The lowest BCUT2D eigenvalue weighted by molar-refractivity contribution is -0.152. The van der Waals surface area contributed by atoms with Gasteiger partial charge in [0.2, 0.25) is 5.91 Å². The molecule has 130 valence electrons. The number of likely N-dealkylation sites (tertiary alicyclic amines) is 1. The molecule has 2 aromatic rings. The molecule has 0 aliphatic carbocycles. The molecular weight excluding hydrogens is 318 g/mol. The molecule has 0 radical (unpaired) electrons. The standard InChI is InChI=1S/C19H21N3O3/c1-15-13-20-22(14-15)19(18(24)25)9-11-21(12-10-19)17(23)8-7-16-5-3-2-4-6-16/h2-8,13-14H,9-12H2,1H3,(H,24,25)/b8-7+. The Bertz CT molecular complexity index is 787. The number of piperidine rings is 1. The van der Waals surface area contributed by atoms with Crippen molar-refractivity contribution in [3.8, 4) is 0 Å². The highest BCUT2D eigenvalue weighted by molar-refractivity contribution is 5.92. The Morgan fingerprint density at radius 2 is 1.88 bits per heavy atom.